The zero-order chi connectivity index (χ0) is 11.7. The molecule has 0 amide bonds. The van der Waals surface area contributed by atoms with Gasteiger partial charge in [-0.25, -0.2) is 4.98 Å². The molecular formula is C12H14N2O2. The Kier molecular flexibility index (Phi) is 2.75. The van der Waals surface area contributed by atoms with Crippen molar-refractivity contribution in [2.45, 2.75) is 13.0 Å². The molecule has 1 unspecified atom stereocenters. The number of oxazole rings is 1. The highest BCUT2D eigenvalue weighted by Crippen LogP contribution is 2.23. The maximum absolute atomic E-state index is 11.6. The molecule has 0 aliphatic rings. The second kappa shape index (κ2) is 4.06. The molecule has 0 saturated carbocycles. The highest BCUT2D eigenvalue weighted by Gasteiger charge is 2.19. The average Bonchev–Trinajstić information content (AvgIpc) is 2.63. The maximum atomic E-state index is 11.6. The van der Waals surface area contributed by atoms with Crippen LogP contribution in [0.4, 0.5) is 0 Å². The molecule has 0 fully saturated rings. The van der Waals surface area contributed by atoms with Crippen molar-refractivity contribution in [1.29, 1.82) is 0 Å². The van der Waals surface area contributed by atoms with Gasteiger partial charge in [0.1, 0.15) is 5.52 Å². The zero-order valence-corrected chi connectivity index (χ0v) is 9.60. The Bertz CT molecular complexity index is 516. The number of carbonyl (C=O) groups excluding carboxylic acids is 1. The molecule has 2 rings (SSSR count). The lowest BCUT2D eigenvalue weighted by molar-refractivity contribution is -0.121. The Hall–Kier alpha value is -1.68. The number of benzene rings is 1. The second-order valence-electron chi connectivity index (χ2n) is 4.06. The summed E-state index contributed by atoms with van der Waals surface area (Å²) < 4.78 is 5.23. The highest BCUT2D eigenvalue weighted by atomic mass is 16.3. The molecule has 0 aliphatic carbocycles. The van der Waals surface area contributed by atoms with Gasteiger partial charge in [0.2, 0.25) is 0 Å². The molecule has 1 atom stereocenters. The van der Waals surface area contributed by atoms with E-state index in [1.54, 1.807) is 6.92 Å². The highest BCUT2D eigenvalue weighted by molar-refractivity contribution is 5.84. The summed E-state index contributed by atoms with van der Waals surface area (Å²) in [5.41, 5.74) is 2.46. The minimum Gasteiger partial charge on any atom is -0.443 e. The van der Waals surface area contributed by atoms with Crippen LogP contribution in [0.25, 0.3) is 11.1 Å². The van der Waals surface area contributed by atoms with Crippen LogP contribution in [-0.4, -0.2) is 29.8 Å². The molecule has 1 aromatic heterocycles. The van der Waals surface area contributed by atoms with E-state index in [4.69, 9.17) is 4.42 Å². The normalized spacial score (nSPS) is 13.2. The minimum absolute atomic E-state index is 0.115. The number of rotatable bonds is 3. The fraction of sp³-hybridized carbons (Fsp3) is 0.333. The summed E-state index contributed by atoms with van der Waals surface area (Å²) in [6, 6.07) is 5.42. The summed E-state index contributed by atoms with van der Waals surface area (Å²) in [6.45, 7) is 1.59. The van der Waals surface area contributed by atoms with Gasteiger partial charge in [-0.2, -0.15) is 0 Å². The molecule has 4 nitrogen and oxygen atoms in total. The predicted molar refractivity (Wildman–Crippen MR) is 61.1 cm³/mol. The molecule has 0 aliphatic heterocycles. The van der Waals surface area contributed by atoms with Crippen LogP contribution < -0.4 is 0 Å². The van der Waals surface area contributed by atoms with Gasteiger partial charge in [-0.1, -0.05) is 6.07 Å². The first-order chi connectivity index (χ1) is 7.59. The summed E-state index contributed by atoms with van der Waals surface area (Å²) in [4.78, 5) is 17.5. The van der Waals surface area contributed by atoms with E-state index in [1.165, 1.54) is 6.39 Å². The Balaban J connectivity index is 2.48. The molecule has 0 spiro atoms. The van der Waals surface area contributed by atoms with Crippen molar-refractivity contribution in [3.63, 3.8) is 0 Å². The SMILES string of the molecule is CC(=O)C(c1ccc2ncoc2c1)N(C)C. The van der Waals surface area contributed by atoms with Crippen molar-refractivity contribution in [3.05, 3.63) is 30.2 Å². The smallest absolute Gasteiger partial charge is 0.181 e. The number of hydrogen-bond donors (Lipinski definition) is 0. The average molecular weight is 218 g/mol. The van der Waals surface area contributed by atoms with Crippen molar-refractivity contribution in [3.8, 4) is 0 Å². The molecule has 0 N–H and O–H groups in total. The van der Waals surface area contributed by atoms with Crippen molar-refractivity contribution < 1.29 is 9.21 Å². The van der Waals surface area contributed by atoms with E-state index >= 15 is 0 Å². The van der Waals surface area contributed by atoms with Gasteiger partial charge >= 0.3 is 0 Å². The fourth-order valence-electron chi connectivity index (χ4n) is 1.94. The number of ketones is 1. The third-order valence-corrected chi connectivity index (χ3v) is 2.57. The lowest BCUT2D eigenvalue weighted by atomic mass is 10.0. The van der Waals surface area contributed by atoms with Crippen molar-refractivity contribution in [2.75, 3.05) is 14.1 Å². The van der Waals surface area contributed by atoms with Crippen LogP contribution in [0.3, 0.4) is 0 Å². The second-order valence-corrected chi connectivity index (χ2v) is 4.06. The first-order valence-corrected chi connectivity index (χ1v) is 5.09. The molecule has 16 heavy (non-hydrogen) atoms. The van der Waals surface area contributed by atoms with E-state index < -0.39 is 0 Å². The Labute approximate surface area is 93.9 Å². The van der Waals surface area contributed by atoms with E-state index in [1.807, 2.05) is 37.2 Å². The van der Waals surface area contributed by atoms with Gasteiger partial charge < -0.3 is 4.42 Å². The topological polar surface area (TPSA) is 46.3 Å². The first kappa shape index (κ1) is 10.8. The van der Waals surface area contributed by atoms with Gasteiger partial charge in [-0.3, -0.25) is 9.69 Å². The van der Waals surface area contributed by atoms with E-state index in [2.05, 4.69) is 4.98 Å². The molecular weight excluding hydrogens is 204 g/mol. The van der Waals surface area contributed by atoms with Gasteiger partial charge in [0.05, 0.1) is 6.04 Å². The Morgan fingerprint density at radius 1 is 1.44 bits per heavy atom. The van der Waals surface area contributed by atoms with E-state index in [-0.39, 0.29) is 11.8 Å². The van der Waals surface area contributed by atoms with Crippen LogP contribution in [-0.2, 0) is 4.79 Å². The van der Waals surface area contributed by atoms with E-state index in [9.17, 15) is 4.79 Å². The third-order valence-electron chi connectivity index (χ3n) is 2.57. The molecule has 0 bridgehead atoms. The third kappa shape index (κ3) is 1.84. The van der Waals surface area contributed by atoms with Crippen molar-refractivity contribution in [1.82, 2.24) is 9.88 Å². The van der Waals surface area contributed by atoms with Crippen molar-refractivity contribution >= 4 is 16.9 Å². The molecule has 1 heterocycles. The fourth-order valence-corrected chi connectivity index (χ4v) is 1.94. The zero-order valence-electron chi connectivity index (χ0n) is 9.60. The van der Waals surface area contributed by atoms with Gasteiger partial charge in [-0.05, 0) is 38.7 Å². The standard InChI is InChI=1S/C12H14N2O2/c1-8(15)12(14(2)3)9-4-5-10-11(6-9)16-7-13-10/h4-7,12H,1-3H3. The number of carbonyl (C=O) groups is 1. The van der Waals surface area contributed by atoms with Crippen LogP contribution >= 0.6 is 0 Å². The molecule has 84 valence electrons. The maximum Gasteiger partial charge on any atom is 0.181 e. The Morgan fingerprint density at radius 3 is 2.81 bits per heavy atom. The molecule has 2 aromatic rings. The predicted octanol–water partition coefficient (Wildman–Crippen LogP) is 2.02. The van der Waals surface area contributed by atoms with Crippen LogP contribution in [0.5, 0.6) is 0 Å². The number of fused-ring (bicyclic) bond motifs is 1. The van der Waals surface area contributed by atoms with E-state index in [0.717, 1.165) is 11.1 Å². The summed E-state index contributed by atoms with van der Waals surface area (Å²) in [7, 11) is 3.77. The van der Waals surface area contributed by atoms with Gasteiger partial charge in [0.15, 0.2) is 17.8 Å². The number of hydrogen-bond acceptors (Lipinski definition) is 4. The molecule has 0 saturated heterocycles. The van der Waals surface area contributed by atoms with Gasteiger partial charge in [-0.15, -0.1) is 0 Å². The summed E-state index contributed by atoms with van der Waals surface area (Å²) in [5.74, 6) is 0.115. The van der Waals surface area contributed by atoms with Crippen molar-refractivity contribution in [2.24, 2.45) is 0 Å². The van der Waals surface area contributed by atoms with Crippen LogP contribution in [0, 0.1) is 0 Å². The quantitative estimate of drug-likeness (QED) is 0.790. The van der Waals surface area contributed by atoms with Crippen LogP contribution in [0.2, 0.25) is 0 Å². The lowest BCUT2D eigenvalue weighted by Gasteiger charge is -2.21. The first-order valence-electron chi connectivity index (χ1n) is 5.09. The van der Waals surface area contributed by atoms with Crippen LogP contribution in [0.1, 0.15) is 18.5 Å². The number of Topliss-reactive ketones (excluding diaryl/α,β-unsaturated/α-hetero) is 1. The number of likely N-dealkylation sites (N-methyl/N-ethyl adjacent to an activating group) is 1. The van der Waals surface area contributed by atoms with Gasteiger partial charge in [0.25, 0.3) is 0 Å². The Morgan fingerprint density at radius 2 is 2.19 bits per heavy atom. The monoisotopic (exact) mass is 218 g/mol. The summed E-state index contributed by atoms with van der Waals surface area (Å²) in [5, 5.41) is 0. The summed E-state index contributed by atoms with van der Waals surface area (Å²) >= 11 is 0. The summed E-state index contributed by atoms with van der Waals surface area (Å²) in [6.07, 6.45) is 1.41. The number of nitrogens with zero attached hydrogens (tertiary/aromatic N) is 2. The number of aromatic nitrogens is 1. The lowest BCUT2D eigenvalue weighted by Crippen LogP contribution is -2.25. The van der Waals surface area contributed by atoms with Crippen LogP contribution in [0.15, 0.2) is 29.0 Å². The molecule has 1 aromatic carbocycles. The van der Waals surface area contributed by atoms with Gasteiger partial charge in [0, 0.05) is 0 Å². The molecule has 4 heteroatoms. The molecule has 0 radical (unpaired) electrons. The van der Waals surface area contributed by atoms with E-state index in [0.29, 0.717) is 5.58 Å². The minimum atomic E-state index is -0.227. The largest absolute Gasteiger partial charge is 0.443 e.